The van der Waals surface area contributed by atoms with Crippen LogP contribution in [0.15, 0.2) is 48.8 Å². The van der Waals surface area contributed by atoms with Gasteiger partial charge in [0.2, 0.25) is 0 Å². The maximum atomic E-state index is 8.25. The van der Waals surface area contributed by atoms with Crippen LogP contribution in [-0.4, -0.2) is 28.9 Å². The molecule has 0 bridgehead atoms. The Bertz CT molecular complexity index is 732. The number of hydrogen-bond donors (Lipinski definition) is 0. The number of aromatic nitrogens is 4. The van der Waals surface area contributed by atoms with Crippen molar-refractivity contribution in [3.05, 3.63) is 79.4 Å². The maximum Gasteiger partial charge on any atom is 2.00 e. The van der Waals surface area contributed by atoms with Crippen LogP contribution in [-0.2, 0) is 17.1 Å². The molecule has 3 aromatic rings. The molecule has 0 amide bonds. The van der Waals surface area contributed by atoms with E-state index in [1.165, 1.54) is 11.7 Å². The van der Waals surface area contributed by atoms with Crippen LogP contribution in [0, 0.1) is 30.6 Å². The van der Waals surface area contributed by atoms with Gasteiger partial charge in [0, 0.05) is 12.4 Å². The minimum absolute atomic E-state index is 0. The van der Waals surface area contributed by atoms with Gasteiger partial charge in [0.1, 0.15) is 11.4 Å². The molecule has 1 radical (unpaired) electrons. The second-order valence-corrected chi connectivity index (χ2v) is 4.37. The average molecular weight is 428 g/mol. The standard InChI is InChI=1S/C12H8N4S.Cu.2NO3/c1-3-7-13-9(5-1)11-12(16-17-15-11)10-6-2-4-8-14-10;;2*2-1(3)4/h1-8H;;;/q;+2;2*-1. The molecule has 0 aliphatic heterocycles. The van der Waals surface area contributed by atoms with Gasteiger partial charge in [-0.1, -0.05) is 12.1 Å². The van der Waals surface area contributed by atoms with Gasteiger partial charge in [0.15, 0.2) is 0 Å². The summed E-state index contributed by atoms with van der Waals surface area (Å²) in [4.78, 5) is 25.1. The summed E-state index contributed by atoms with van der Waals surface area (Å²) in [6, 6.07) is 11.5. The van der Waals surface area contributed by atoms with Gasteiger partial charge in [-0.15, -0.1) is 0 Å². The molecule has 0 aromatic carbocycles. The van der Waals surface area contributed by atoms with Crippen LogP contribution >= 0.6 is 11.7 Å². The molecule has 26 heavy (non-hydrogen) atoms. The second-order valence-electron chi connectivity index (χ2n) is 3.84. The summed E-state index contributed by atoms with van der Waals surface area (Å²) in [6.45, 7) is 0. The molecule has 0 saturated carbocycles. The van der Waals surface area contributed by atoms with E-state index in [0.717, 1.165) is 22.8 Å². The van der Waals surface area contributed by atoms with E-state index in [4.69, 9.17) is 30.6 Å². The van der Waals surface area contributed by atoms with Crippen molar-refractivity contribution >= 4 is 11.7 Å². The zero-order valence-electron chi connectivity index (χ0n) is 12.5. The zero-order valence-corrected chi connectivity index (χ0v) is 14.2. The number of pyridine rings is 2. The van der Waals surface area contributed by atoms with E-state index < -0.39 is 10.2 Å². The molecule has 0 atom stereocenters. The van der Waals surface area contributed by atoms with Gasteiger partial charge >= 0.3 is 17.1 Å². The Morgan fingerprint density at radius 3 is 1.35 bits per heavy atom. The Labute approximate surface area is 160 Å². The molecule has 3 heterocycles. The van der Waals surface area contributed by atoms with E-state index in [9.17, 15) is 0 Å². The van der Waals surface area contributed by atoms with Gasteiger partial charge in [-0.05, 0) is 24.3 Å². The normalized spacial score (nSPS) is 8.62. The summed E-state index contributed by atoms with van der Waals surface area (Å²) >= 11 is 1.18. The molecule has 0 aliphatic carbocycles. The van der Waals surface area contributed by atoms with Crippen LogP contribution in [0.4, 0.5) is 0 Å². The third kappa shape index (κ3) is 8.58. The minimum Gasteiger partial charge on any atom is -0.356 e. The number of hydrogen-bond acceptors (Lipinski definition) is 11. The third-order valence-electron chi connectivity index (χ3n) is 2.30. The van der Waals surface area contributed by atoms with Crippen molar-refractivity contribution < 1.29 is 27.2 Å². The van der Waals surface area contributed by atoms with E-state index in [1.54, 1.807) is 12.4 Å². The van der Waals surface area contributed by atoms with Crippen LogP contribution in [0.2, 0.25) is 0 Å². The molecule has 3 aromatic heterocycles. The summed E-state index contributed by atoms with van der Waals surface area (Å²) < 4.78 is 8.58. The van der Waals surface area contributed by atoms with E-state index in [0.29, 0.717) is 0 Å². The van der Waals surface area contributed by atoms with Crippen molar-refractivity contribution in [2.75, 3.05) is 0 Å². The molecule has 139 valence electrons. The van der Waals surface area contributed by atoms with E-state index in [-0.39, 0.29) is 17.1 Å². The third-order valence-corrected chi connectivity index (χ3v) is 2.83. The van der Waals surface area contributed by atoms with E-state index >= 15 is 0 Å². The first kappa shape index (κ1) is 22.8. The van der Waals surface area contributed by atoms with Crippen molar-refractivity contribution in [2.24, 2.45) is 0 Å². The maximum absolute atomic E-state index is 8.25. The summed E-state index contributed by atoms with van der Waals surface area (Å²) in [7, 11) is 0. The molecule has 0 saturated heterocycles. The minimum atomic E-state index is -1.75. The van der Waals surface area contributed by atoms with Crippen molar-refractivity contribution in [3.63, 3.8) is 0 Å². The van der Waals surface area contributed by atoms with Crippen LogP contribution in [0.25, 0.3) is 22.8 Å². The van der Waals surface area contributed by atoms with Gasteiger partial charge in [0.25, 0.3) is 0 Å². The quantitative estimate of drug-likeness (QED) is 0.333. The average Bonchev–Trinajstić information content (AvgIpc) is 3.05. The summed E-state index contributed by atoms with van der Waals surface area (Å²) in [5.41, 5.74) is 3.22. The second kappa shape index (κ2) is 12.2. The topological polar surface area (TPSA) is 184 Å². The van der Waals surface area contributed by atoms with Gasteiger partial charge in [0.05, 0.1) is 33.3 Å². The van der Waals surface area contributed by atoms with Gasteiger partial charge < -0.3 is 30.6 Å². The first-order chi connectivity index (χ1) is 11.9. The van der Waals surface area contributed by atoms with Crippen molar-refractivity contribution in [3.8, 4) is 22.8 Å². The van der Waals surface area contributed by atoms with Gasteiger partial charge in [-0.3, -0.25) is 9.97 Å². The predicted molar refractivity (Wildman–Crippen MR) is 87.1 cm³/mol. The molecular formula is C12H8CuN6O6S. The van der Waals surface area contributed by atoms with Crippen molar-refractivity contribution in [2.45, 2.75) is 0 Å². The van der Waals surface area contributed by atoms with Gasteiger partial charge in [-0.25, -0.2) is 0 Å². The molecule has 3 rings (SSSR count). The van der Waals surface area contributed by atoms with Crippen molar-refractivity contribution in [1.82, 2.24) is 18.7 Å². The molecule has 0 unspecified atom stereocenters. The molecule has 14 heteroatoms. The monoisotopic (exact) mass is 427 g/mol. The Morgan fingerprint density at radius 2 is 1.08 bits per heavy atom. The molecule has 0 N–H and O–H groups in total. The van der Waals surface area contributed by atoms with E-state index in [2.05, 4.69) is 18.7 Å². The van der Waals surface area contributed by atoms with Crippen molar-refractivity contribution in [1.29, 1.82) is 0 Å². The largest absolute Gasteiger partial charge is 2.00 e. The molecule has 0 spiro atoms. The fraction of sp³-hybridized carbons (Fsp3) is 0. The molecule has 0 aliphatic rings. The fourth-order valence-electron chi connectivity index (χ4n) is 1.53. The first-order valence-electron chi connectivity index (χ1n) is 6.20. The van der Waals surface area contributed by atoms with Crippen LogP contribution in [0.1, 0.15) is 0 Å². The summed E-state index contributed by atoms with van der Waals surface area (Å²) in [5, 5.41) is 29.5. The fourth-order valence-corrected chi connectivity index (χ4v) is 2.09. The Morgan fingerprint density at radius 1 is 0.731 bits per heavy atom. The van der Waals surface area contributed by atoms with E-state index in [1.807, 2.05) is 36.4 Å². The van der Waals surface area contributed by atoms with Crippen LogP contribution in [0.5, 0.6) is 0 Å². The first-order valence-corrected chi connectivity index (χ1v) is 6.93. The Balaban J connectivity index is 0.000000596. The SMILES string of the molecule is O=[N+]([O-])[O-].O=[N+]([O-])[O-].[Cu+2].c1ccc(-c2nsnc2-c2ccccn2)nc1. The smallest absolute Gasteiger partial charge is 0.356 e. The molecular weight excluding hydrogens is 420 g/mol. The summed E-state index contributed by atoms with van der Waals surface area (Å²) in [6.07, 6.45) is 3.49. The molecule has 12 nitrogen and oxygen atoms in total. The number of nitrogens with zero attached hydrogens (tertiary/aromatic N) is 6. The number of rotatable bonds is 2. The van der Waals surface area contributed by atoms with Crippen LogP contribution in [0.3, 0.4) is 0 Å². The zero-order chi connectivity index (χ0) is 18.7. The predicted octanol–water partition coefficient (Wildman–Crippen LogP) is 2.18. The Hall–Kier alpha value is -3.22. The van der Waals surface area contributed by atoms with Gasteiger partial charge in [-0.2, -0.15) is 8.75 Å². The van der Waals surface area contributed by atoms with Crippen LogP contribution < -0.4 is 0 Å². The summed E-state index contributed by atoms with van der Waals surface area (Å²) in [5.74, 6) is 0. The Kier molecular flexibility index (Phi) is 10.7. The molecule has 0 fully saturated rings.